The SMILES string of the molecule is Cc1ccc(-c2[nH]c(=O)sc2CN(C)C)cc1. The fourth-order valence-corrected chi connectivity index (χ4v) is 2.68. The van der Waals surface area contributed by atoms with Crippen molar-refractivity contribution in [3.05, 3.63) is 44.4 Å². The molecule has 90 valence electrons. The van der Waals surface area contributed by atoms with Gasteiger partial charge in [0.15, 0.2) is 0 Å². The van der Waals surface area contributed by atoms with Gasteiger partial charge in [0, 0.05) is 11.4 Å². The third kappa shape index (κ3) is 2.84. The fourth-order valence-electron chi connectivity index (χ4n) is 1.71. The number of thiazole rings is 1. The van der Waals surface area contributed by atoms with Crippen LogP contribution in [0.4, 0.5) is 0 Å². The van der Waals surface area contributed by atoms with Gasteiger partial charge >= 0.3 is 4.87 Å². The Balaban J connectivity index is 2.43. The molecule has 1 heterocycles. The van der Waals surface area contributed by atoms with Crippen LogP contribution < -0.4 is 4.87 Å². The molecule has 0 aliphatic heterocycles. The summed E-state index contributed by atoms with van der Waals surface area (Å²) in [6.45, 7) is 2.84. The van der Waals surface area contributed by atoms with Crippen LogP contribution >= 0.6 is 11.3 Å². The maximum atomic E-state index is 11.5. The Morgan fingerprint density at radius 2 is 1.88 bits per heavy atom. The minimum absolute atomic E-state index is 0.0115. The highest BCUT2D eigenvalue weighted by molar-refractivity contribution is 7.09. The summed E-state index contributed by atoms with van der Waals surface area (Å²) in [5.41, 5.74) is 3.25. The molecular formula is C13H16N2OS. The first kappa shape index (κ1) is 12.1. The number of nitrogens with one attached hydrogen (secondary N) is 1. The number of rotatable bonds is 3. The highest BCUT2D eigenvalue weighted by Gasteiger charge is 2.10. The number of aromatic amines is 1. The van der Waals surface area contributed by atoms with Gasteiger partial charge in [0.05, 0.1) is 5.69 Å². The topological polar surface area (TPSA) is 36.1 Å². The van der Waals surface area contributed by atoms with E-state index in [2.05, 4.69) is 28.9 Å². The zero-order chi connectivity index (χ0) is 12.4. The molecule has 0 saturated heterocycles. The van der Waals surface area contributed by atoms with Crippen LogP contribution in [-0.2, 0) is 6.54 Å². The summed E-state index contributed by atoms with van der Waals surface area (Å²) < 4.78 is 0. The van der Waals surface area contributed by atoms with Gasteiger partial charge in [-0.05, 0) is 26.6 Å². The van der Waals surface area contributed by atoms with Gasteiger partial charge in [-0.25, -0.2) is 0 Å². The van der Waals surface area contributed by atoms with E-state index in [1.165, 1.54) is 16.9 Å². The first-order chi connectivity index (χ1) is 8.06. The Hall–Kier alpha value is -1.39. The molecule has 3 nitrogen and oxygen atoms in total. The molecule has 0 amide bonds. The number of aromatic nitrogens is 1. The summed E-state index contributed by atoms with van der Waals surface area (Å²) in [6, 6.07) is 8.22. The molecule has 17 heavy (non-hydrogen) atoms. The van der Waals surface area contributed by atoms with Crippen LogP contribution in [-0.4, -0.2) is 24.0 Å². The Bertz CT molecular complexity index is 552. The summed E-state index contributed by atoms with van der Waals surface area (Å²) in [5.74, 6) is 0. The molecule has 2 rings (SSSR count). The zero-order valence-electron chi connectivity index (χ0n) is 10.3. The molecular weight excluding hydrogens is 232 g/mol. The highest BCUT2D eigenvalue weighted by Crippen LogP contribution is 2.24. The summed E-state index contributed by atoms with van der Waals surface area (Å²) in [6.07, 6.45) is 0. The lowest BCUT2D eigenvalue weighted by atomic mass is 10.1. The lowest BCUT2D eigenvalue weighted by molar-refractivity contribution is 0.406. The number of aryl methyl sites for hydroxylation is 1. The van der Waals surface area contributed by atoms with Crippen LogP contribution in [0.2, 0.25) is 0 Å². The normalized spacial score (nSPS) is 11.1. The highest BCUT2D eigenvalue weighted by atomic mass is 32.1. The summed E-state index contributed by atoms with van der Waals surface area (Å²) >= 11 is 1.29. The van der Waals surface area contributed by atoms with E-state index in [0.717, 1.165) is 22.7 Å². The largest absolute Gasteiger partial charge is 0.312 e. The standard InChI is InChI=1S/C13H16N2OS/c1-9-4-6-10(7-5-9)12-11(8-15(2)3)17-13(16)14-12/h4-7H,8H2,1-3H3,(H,14,16). The molecule has 1 N–H and O–H groups in total. The molecule has 0 spiro atoms. The molecule has 2 aromatic rings. The van der Waals surface area contributed by atoms with Crippen molar-refractivity contribution in [2.24, 2.45) is 0 Å². The quantitative estimate of drug-likeness (QED) is 0.906. The van der Waals surface area contributed by atoms with Gasteiger partial charge in [-0.3, -0.25) is 4.79 Å². The van der Waals surface area contributed by atoms with Crippen LogP contribution in [0.5, 0.6) is 0 Å². The third-order valence-corrected chi connectivity index (χ3v) is 3.39. The van der Waals surface area contributed by atoms with E-state index >= 15 is 0 Å². The van der Waals surface area contributed by atoms with Crippen LogP contribution in [0.3, 0.4) is 0 Å². The smallest absolute Gasteiger partial charge is 0.305 e. The van der Waals surface area contributed by atoms with E-state index in [4.69, 9.17) is 0 Å². The van der Waals surface area contributed by atoms with E-state index in [-0.39, 0.29) is 4.87 Å². The first-order valence-corrected chi connectivity index (χ1v) is 6.31. The Labute approximate surface area is 105 Å². The molecule has 1 aromatic heterocycles. The predicted molar refractivity (Wildman–Crippen MR) is 72.5 cm³/mol. The van der Waals surface area contributed by atoms with Crippen LogP contribution in [0.25, 0.3) is 11.3 Å². The predicted octanol–water partition coefficient (Wildman–Crippen LogP) is 2.47. The molecule has 1 aromatic carbocycles. The molecule has 4 heteroatoms. The van der Waals surface area contributed by atoms with E-state index in [0.29, 0.717) is 0 Å². The second-order valence-electron chi connectivity index (χ2n) is 4.42. The van der Waals surface area contributed by atoms with E-state index in [1.807, 2.05) is 26.2 Å². The minimum atomic E-state index is 0.0115. The van der Waals surface area contributed by atoms with Crippen molar-refractivity contribution in [3.63, 3.8) is 0 Å². The molecule has 0 radical (unpaired) electrons. The third-order valence-electron chi connectivity index (χ3n) is 2.52. The van der Waals surface area contributed by atoms with Crippen molar-refractivity contribution in [1.82, 2.24) is 9.88 Å². The van der Waals surface area contributed by atoms with Gasteiger partial charge in [0.1, 0.15) is 0 Å². The molecule has 0 unspecified atom stereocenters. The van der Waals surface area contributed by atoms with Crippen molar-refractivity contribution < 1.29 is 0 Å². The molecule has 0 aliphatic carbocycles. The average molecular weight is 248 g/mol. The van der Waals surface area contributed by atoms with Gasteiger partial charge in [-0.1, -0.05) is 41.2 Å². The monoisotopic (exact) mass is 248 g/mol. The van der Waals surface area contributed by atoms with Crippen molar-refractivity contribution in [1.29, 1.82) is 0 Å². The average Bonchev–Trinajstić information content (AvgIpc) is 2.59. The van der Waals surface area contributed by atoms with E-state index in [1.54, 1.807) is 0 Å². The van der Waals surface area contributed by atoms with Crippen molar-refractivity contribution >= 4 is 11.3 Å². The first-order valence-electron chi connectivity index (χ1n) is 5.50. The second kappa shape index (κ2) is 4.85. The van der Waals surface area contributed by atoms with Crippen LogP contribution in [0, 0.1) is 6.92 Å². The number of H-pyrrole nitrogens is 1. The maximum Gasteiger partial charge on any atom is 0.305 e. The van der Waals surface area contributed by atoms with Gasteiger partial charge < -0.3 is 9.88 Å². The summed E-state index contributed by atoms with van der Waals surface area (Å²) in [7, 11) is 4.01. The van der Waals surface area contributed by atoms with Gasteiger partial charge in [0.2, 0.25) is 0 Å². The van der Waals surface area contributed by atoms with E-state index < -0.39 is 0 Å². The number of hydrogen-bond acceptors (Lipinski definition) is 3. The summed E-state index contributed by atoms with van der Waals surface area (Å²) in [5, 5.41) is 0. The lowest BCUT2D eigenvalue weighted by Gasteiger charge is -2.09. The van der Waals surface area contributed by atoms with Crippen LogP contribution in [0.1, 0.15) is 10.4 Å². The second-order valence-corrected chi connectivity index (χ2v) is 5.48. The van der Waals surface area contributed by atoms with Crippen LogP contribution in [0.15, 0.2) is 29.1 Å². The molecule has 0 saturated carbocycles. The van der Waals surface area contributed by atoms with Gasteiger partial charge in [-0.2, -0.15) is 0 Å². The molecule has 0 atom stereocenters. The number of nitrogens with zero attached hydrogens (tertiary/aromatic N) is 1. The van der Waals surface area contributed by atoms with E-state index in [9.17, 15) is 4.79 Å². The molecule has 0 aliphatic rings. The molecule has 0 bridgehead atoms. The Morgan fingerprint density at radius 1 is 1.24 bits per heavy atom. The number of hydrogen-bond donors (Lipinski definition) is 1. The van der Waals surface area contributed by atoms with Gasteiger partial charge in [0.25, 0.3) is 0 Å². The number of benzene rings is 1. The van der Waals surface area contributed by atoms with Crippen molar-refractivity contribution in [2.75, 3.05) is 14.1 Å². The summed E-state index contributed by atoms with van der Waals surface area (Å²) in [4.78, 5) is 17.6. The lowest BCUT2D eigenvalue weighted by Crippen LogP contribution is -2.10. The van der Waals surface area contributed by atoms with Crippen molar-refractivity contribution in [2.45, 2.75) is 13.5 Å². The van der Waals surface area contributed by atoms with Gasteiger partial charge in [-0.15, -0.1) is 0 Å². The van der Waals surface area contributed by atoms with Crippen molar-refractivity contribution in [3.8, 4) is 11.3 Å². The Kier molecular flexibility index (Phi) is 3.45. The molecule has 0 fully saturated rings. The maximum absolute atomic E-state index is 11.5. The Morgan fingerprint density at radius 3 is 2.47 bits per heavy atom. The fraction of sp³-hybridized carbons (Fsp3) is 0.308. The minimum Gasteiger partial charge on any atom is -0.312 e. The zero-order valence-corrected chi connectivity index (χ0v) is 11.1.